The van der Waals surface area contributed by atoms with Crippen LogP contribution in [0.2, 0.25) is 0 Å². The highest BCUT2D eigenvalue weighted by Crippen LogP contribution is 2.20. The number of hydrogen-bond donors (Lipinski definition) is 4. The van der Waals surface area contributed by atoms with Crippen molar-refractivity contribution in [2.24, 2.45) is 17.5 Å². The van der Waals surface area contributed by atoms with Gasteiger partial charge in [0, 0.05) is 31.4 Å². The summed E-state index contributed by atoms with van der Waals surface area (Å²) >= 11 is 0. The molecule has 1 atom stereocenters. The van der Waals surface area contributed by atoms with Crippen LogP contribution in [0.1, 0.15) is 65.0 Å². The number of allylic oxidation sites excluding steroid dienone is 1. The Morgan fingerprint density at radius 2 is 1.90 bits per heavy atom. The quantitative estimate of drug-likeness (QED) is 0.404. The van der Waals surface area contributed by atoms with Gasteiger partial charge in [0.25, 0.3) is 0 Å². The molecule has 172 valence electrons. The highest BCUT2D eigenvalue weighted by molar-refractivity contribution is 5.88. The van der Waals surface area contributed by atoms with E-state index in [0.29, 0.717) is 36.7 Å². The third-order valence-electron chi connectivity index (χ3n) is 4.32. The molecule has 2 amide bonds. The summed E-state index contributed by atoms with van der Waals surface area (Å²) in [4.78, 5) is 26.3. The molecule has 1 fully saturated rings. The molecule has 1 aliphatic heterocycles. The normalized spacial score (nSPS) is 15.1. The highest BCUT2D eigenvalue weighted by atomic mass is 16.2. The Morgan fingerprint density at radius 3 is 2.35 bits per heavy atom. The second-order valence-electron chi connectivity index (χ2n) is 7.42. The maximum absolute atomic E-state index is 12.4. The number of benzene rings is 1. The van der Waals surface area contributed by atoms with Gasteiger partial charge in [-0.1, -0.05) is 39.8 Å². The number of nitriles is 1. The van der Waals surface area contributed by atoms with Crippen LogP contribution in [0.5, 0.6) is 0 Å². The van der Waals surface area contributed by atoms with Crippen LogP contribution >= 0.6 is 0 Å². The van der Waals surface area contributed by atoms with Gasteiger partial charge in [-0.05, 0) is 43.4 Å². The minimum Gasteiger partial charge on any atom is -0.401 e. The molecular formula is C23H38N6O2. The number of hydrogen-bond acceptors (Lipinski definition) is 6. The van der Waals surface area contributed by atoms with Crippen molar-refractivity contribution in [2.75, 3.05) is 6.54 Å². The zero-order chi connectivity index (χ0) is 23.8. The van der Waals surface area contributed by atoms with Crippen LogP contribution in [0.3, 0.4) is 0 Å². The molecule has 1 saturated heterocycles. The van der Waals surface area contributed by atoms with Gasteiger partial charge in [-0.3, -0.25) is 15.4 Å². The van der Waals surface area contributed by atoms with Gasteiger partial charge in [-0.25, -0.2) is 0 Å². The molecule has 2 rings (SSSR count). The Kier molecular flexibility index (Phi) is 14.2. The van der Waals surface area contributed by atoms with E-state index in [0.717, 1.165) is 18.4 Å². The molecule has 0 saturated carbocycles. The van der Waals surface area contributed by atoms with Crippen molar-refractivity contribution in [1.82, 2.24) is 15.6 Å². The second kappa shape index (κ2) is 15.7. The topological polar surface area (TPSA) is 137 Å². The number of likely N-dealkylation sites (tertiary alicyclic amines) is 1. The Bertz CT molecular complexity index is 733. The Hall–Kier alpha value is -3.05. The minimum atomic E-state index is -0.348. The summed E-state index contributed by atoms with van der Waals surface area (Å²) in [6, 6.07) is 8.84. The molecule has 0 bridgehead atoms. The van der Waals surface area contributed by atoms with E-state index in [4.69, 9.17) is 16.8 Å². The van der Waals surface area contributed by atoms with Crippen molar-refractivity contribution in [3.8, 4) is 6.07 Å². The SMILES string of the molecule is C/C(N)=C/NN.CC.CC(C)CC(=O)N1CCCC1C(=O)NCc1ccc(C#N)cc1. The molecule has 8 nitrogen and oxygen atoms in total. The van der Waals surface area contributed by atoms with Crippen molar-refractivity contribution in [2.45, 2.75) is 66.5 Å². The number of hydrazine groups is 1. The van der Waals surface area contributed by atoms with E-state index in [-0.39, 0.29) is 17.9 Å². The summed E-state index contributed by atoms with van der Waals surface area (Å²) in [5.74, 6) is 5.09. The fraction of sp³-hybridized carbons (Fsp3) is 0.522. The number of rotatable bonds is 6. The molecule has 0 spiro atoms. The number of nitrogens with two attached hydrogens (primary N) is 2. The first-order chi connectivity index (χ1) is 14.8. The Balaban J connectivity index is 0.000000970. The van der Waals surface area contributed by atoms with E-state index in [1.807, 2.05) is 39.8 Å². The van der Waals surface area contributed by atoms with E-state index in [9.17, 15) is 9.59 Å². The van der Waals surface area contributed by atoms with Crippen molar-refractivity contribution in [3.05, 3.63) is 47.3 Å². The lowest BCUT2D eigenvalue weighted by Gasteiger charge is -2.24. The highest BCUT2D eigenvalue weighted by Gasteiger charge is 2.33. The third-order valence-corrected chi connectivity index (χ3v) is 4.32. The van der Waals surface area contributed by atoms with Gasteiger partial charge >= 0.3 is 0 Å². The first-order valence-electron chi connectivity index (χ1n) is 10.7. The molecule has 1 heterocycles. The number of carbonyl (C=O) groups is 2. The predicted molar refractivity (Wildman–Crippen MR) is 124 cm³/mol. The van der Waals surface area contributed by atoms with Crippen LogP contribution in [0.25, 0.3) is 0 Å². The third kappa shape index (κ3) is 11.1. The zero-order valence-corrected chi connectivity index (χ0v) is 19.4. The Morgan fingerprint density at radius 1 is 1.29 bits per heavy atom. The standard InChI is InChI=1S/C18H23N3O2.C3H9N3.C2H6/c1-13(2)10-17(22)21-9-3-4-16(21)18(23)20-12-15-7-5-14(11-19)6-8-15;1-3(4)2-6-5;1-2/h5-8,13,16H,3-4,9-10,12H2,1-2H3,(H,20,23);2,6H,4-5H2,1H3;1-2H3/b;3-2-;. The molecule has 0 aliphatic carbocycles. The van der Waals surface area contributed by atoms with Gasteiger partial charge in [-0.2, -0.15) is 5.26 Å². The number of nitrogens with one attached hydrogen (secondary N) is 2. The van der Waals surface area contributed by atoms with Crippen LogP contribution in [-0.2, 0) is 16.1 Å². The lowest BCUT2D eigenvalue weighted by atomic mass is 10.1. The van der Waals surface area contributed by atoms with E-state index in [1.165, 1.54) is 6.20 Å². The second-order valence-corrected chi connectivity index (χ2v) is 7.42. The maximum Gasteiger partial charge on any atom is 0.243 e. The minimum absolute atomic E-state index is 0.0658. The average Bonchev–Trinajstić information content (AvgIpc) is 3.24. The molecule has 0 aromatic heterocycles. The van der Waals surface area contributed by atoms with Gasteiger partial charge in [0.15, 0.2) is 0 Å². The van der Waals surface area contributed by atoms with Crippen LogP contribution < -0.4 is 22.3 Å². The van der Waals surface area contributed by atoms with Crippen LogP contribution in [0.15, 0.2) is 36.2 Å². The van der Waals surface area contributed by atoms with Crippen molar-refractivity contribution < 1.29 is 9.59 Å². The largest absolute Gasteiger partial charge is 0.401 e. The molecule has 1 aromatic carbocycles. The van der Waals surface area contributed by atoms with E-state index in [2.05, 4.69) is 16.8 Å². The lowest BCUT2D eigenvalue weighted by molar-refractivity contribution is -0.139. The lowest BCUT2D eigenvalue weighted by Crippen LogP contribution is -2.46. The summed E-state index contributed by atoms with van der Waals surface area (Å²) in [5.41, 5.74) is 9.62. The molecule has 0 radical (unpaired) electrons. The first-order valence-corrected chi connectivity index (χ1v) is 10.7. The fourth-order valence-electron chi connectivity index (χ4n) is 2.94. The predicted octanol–water partition coefficient (Wildman–Crippen LogP) is 2.51. The van der Waals surface area contributed by atoms with Gasteiger partial charge in [0.1, 0.15) is 6.04 Å². The summed E-state index contributed by atoms with van der Waals surface area (Å²) in [7, 11) is 0. The van der Waals surface area contributed by atoms with E-state index >= 15 is 0 Å². The Labute approximate surface area is 186 Å². The maximum atomic E-state index is 12.4. The average molecular weight is 431 g/mol. The van der Waals surface area contributed by atoms with Crippen molar-refractivity contribution in [3.63, 3.8) is 0 Å². The fourth-order valence-corrected chi connectivity index (χ4v) is 2.94. The van der Waals surface area contributed by atoms with Crippen molar-refractivity contribution in [1.29, 1.82) is 5.26 Å². The van der Waals surface area contributed by atoms with Gasteiger partial charge < -0.3 is 21.4 Å². The zero-order valence-electron chi connectivity index (χ0n) is 19.4. The summed E-state index contributed by atoms with van der Waals surface area (Å²) < 4.78 is 0. The van der Waals surface area contributed by atoms with Gasteiger partial charge in [-0.15, -0.1) is 0 Å². The van der Waals surface area contributed by atoms with Crippen molar-refractivity contribution >= 4 is 11.8 Å². The monoisotopic (exact) mass is 430 g/mol. The van der Waals surface area contributed by atoms with Crippen LogP contribution in [-0.4, -0.2) is 29.3 Å². The summed E-state index contributed by atoms with van der Waals surface area (Å²) in [5, 5.41) is 11.7. The number of amides is 2. The smallest absolute Gasteiger partial charge is 0.243 e. The van der Waals surface area contributed by atoms with Crippen LogP contribution in [0, 0.1) is 17.2 Å². The summed E-state index contributed by atoms with van der Waals surface area (Å²) in [6.07, 6.45) is 3.60. The molecule has 1 aromatic rings. The van der Waals surface area contributed by atoms with Crippen LogP contribution in [0.4, 0.5) is 0 Å². The molecule has 1 unspecified atom stereocenters. The molecule has 6 N–H and O–H groups in total. The molecule has 1 aliphatic rings. The molecule has 8 heteroatoms. The molecular weight excluding hydrogens is 392 g/mol. The van der Waals surface area contributed by atoms with Gasteiger partial charge in [0.05, 0.1) is 11.6 Å². The first kappa shape index (κ1) is 27.9. The van der Waals surface area contributed by atoms with Gasteiger partial charge in [0.2, 0.25) is 11.8 Å². The summed E-state index contributed by atoms with van der Waals surface area (Å²) in [6.45, 7) is 10.8. The number of nitrogens with zero attached hydrogens (tertiary/aromatic N) is 2. The van der Waals surface area contributed by atoms with E-state index in [1.54, 1.807) is 24.0 Å². The van der Waals surface area contributed by atoms with E-state index < -0.39 is 0 Å². The number of carbonyl (C=O) groups excluding carboxylic acids is 2. The molecule has 31 heavy (non-hydrogen) atoms.